The number of hydrogen-bond acceptors (Lipinski definition) is 4. The summed E-state index contributed by atoms with van der Waals surface area (Å²) in [6.45, 7) is 4.65. The van der Waals surface area contributed by atoms with Crippen molar-refractivity contribution >= 4 is 17.3 Å². The average molecular weight is 390 g/mol. The monoisotopic (exact) mass is 390 g/mol. The Labute approximate surface area is 171 Å². The molecule has 5 nitrogen and oxygen atoms in total. The molecule has 0 fully saturated rings. The Kier molecular flexibility index (Phi) is 7.11. The van der Waals surface area contributed by atoms with Crippen LogP contribution in [0.25, 0.3) is 0 Å². The smallest absolute Gasteiger partial charge is 0.243 e. The van der Waals surface area contributed by atoms with Crippen LogP contribution in [0, 0.1) is 0 Å². The molecule has 0 spiro atoms. The summed E-state index contributed by atoms with van der Waals surface area (Å²) in [5.74, 6) is 1.45. The van der Waals surface area contributed by atoms with Gasteiger partial charge in [-0.05, 0) is 67.9 Å². The third kappa shape index (κ3) is 6.88. The number of carbonyl (C=O) groups is 1. The highest BCUT2D eigenvalue weighted by Crippen LogP contribution is 2.18. The Morgan fingerprint density at radius 2 is 1.45 bits per heavy atom. The van der Waals surface area contributed by atoms with Crippen LogP contribution in [-0.2, 0) is 11.4 Å². The van der Waals surface area contributed by atoms with E-state index in [1.165, 1.54) is 0 Å². The van der Waals surface area contributed by atoms with Crippen LogP contribution < -0.4 is 20.1 Å². The van der Waals surface area contributed by atoms with Crippen LogP contribution in [0.2, 0.25) is 0 Å². The number of anilines is 2. The van der Waals surface area contributed by atoms with Gasteiger partial charge in [0.1, 0.15) is 18.1 Å². The molecule has 2 N–H and O–H groups in total. The maximum Gasteiger partial charge on any atom is 0.243 e. The lowest BCUT2D eigenvalue weighted by Crippen LogP contribution is -2.21. The van der Waals surface area contributed by atoms with Crippen molar-refractivity contribution < 1.29 is 14.3 Å². The molecule has 3 rings (SSSR count). The van der Waals surface area contributed by atoms with Crippen molar-refractivity contribution in [3.8, 4) is 11.5 Å². The van der Waals surface area contributed by atoms with E-state index < -0.39 is 0 Å². The van der Waals surface area contributed by atoms with Gasteiger partial charge in [0, 0.05) is 11.4 Å². The number of benzene rings is 3. The normalized spacial score (nSPS) is 10.4. The Hall–Kier alpha value is -3.47. The molecule has 0 aliphatic heterocycles. The highest BCUT2D eigenvalue weighted by molar-refractivity contribution is 5.93. The molecule has 0 aromatic heterocycles. The van der Waals surface area contributed by atoms with E-state index in [9.17, 15) is 4.79 Å². The van der Waals surface area contributed by atoms with Crippen molar-refractivity contribution in [2.75, 3.05) is 17.2 Å². The minimum Gasteiger partial charge on any atom is -0.491 e. The number of carbonyl (C=O) groups excluding carboxylic acids is 1. The molecule has 150 valence electrons. The predicted octanol–water partition coefficient (Wildman–Crippen LogP) is 5.10. The van der Waals surface area contributed by atoms with Crippen LogP contribution in [0.4, 0.5) is 11.4 Å². The molecule has 3 aromatic carbocycles. The number of rotatable bonds is 9. The second-order valence-corrected chi connectivity index (χ2v) is 6.89. The zero-order valence-electron chi connectivity index (χ0n) is 16.7. The van der Waals surface area contributed by atoms with Crippen molar-refractivity contribution in [2.24, 2.45) is 0 Å². The minimum absolute atomic E-state index is 0.119. The van der Waals surface area contributed by atoms with E-state index in [-0.39, 0.29) is 18.6 Å². The molecule has 1 amide bonds. The lowest BCUT2D eigenvalue weighted by molar-refractivity contribution is -0.114. The van der Waals surface area contributed by atoms with Gasteiger partial charge in [-0.3, -0.25) is 4.79 Å². The Balaban J connectivity index is 1.42. The molecule has 0 saturated carbocycles. The van der Waals surface area contributed by atoms with Crippen LogP contribution >= 0.6 is 0 Å². The first-order valence-electron chi connectivity index (χ1n) is 9.66. The highest BCUT2D eigenvalue weighted by atomic mass is 16.5. The van der Waals surface area contributed by atoms with Crippen LogP contribution in [-0.4, -0.2) is 18.6 Å². The lowest BCUT2D eigenvalue weighted by atomic mass is 10.2. The highest BCUT2D eigenvalue weighted by Gasteiger charge is 2.04. The van der Waals surface area contributed by atoms with Crippen molar-refractivity contribution in [3.05, 3.63) is 84.4 Å². The van der Waals surface area contributed by atoms with Gasteiger partial charge in [0.25, 0.3) is 0 Å². The second-order valence-electron chi connectivity index (χ2n) is 6.89. The third-order valence-electron chi connectivity index (χ3n) is 4.07. The van der Waals surface area contributed by atoms with Gasteiger partial charge in [0.05, 0.1) is 12.6 Å². The third-order valence-corrected chi connectivity index (χ3v) is 4.07. The first-order chi connectivity index (χ1) is 14.1. The second kappa shape index (κ2) is 10.2. The van der Waals surface area contributed by atoms with Crippen LogP contribution in [0.5, 0.6) is 11.5 Å². The van der Waals surface area contributed by atoms with Crippen molar-refractivity contribution in [3.63, 3.8) is 0 Å². The molecule has 29 heavy (non-hydrogen) atoms. The molecule has 0 aliphatic carbocycles. The molecular weight excluding hydrogens is 364 g/mol. The molecule has 0 aliphatic rings. The molecule has 0 heterocycles. The largest absolute Gasteiger partial charge is 0.491 e. The lowest BCUT2D eigenvalue weighted by Gasteiger charge is -2.11. The van der Waals surface area contributed by atoms with Gasteiger partial charge in [-0.2, -0.15) is 0 Å². The van der Waals surface area contributed by atoms with Gasteiger partial charge in [0.2, 0.25) is 5.91 Å². The van der Waals surface area contributed by atoms with Crippen LogP contribution in [0.15, 0.2) is 78.9 Å². The molecule has 0 saturated heterocycles. The predicted molar refractivity (Wildman–Crippen MR) is 117 cm³/mol. The molecular formula is C24H26N2O3. The van der Waals surface area contributed by atoms with E-state index in [0.29, 0.717) is 6.61 Å². The maximum atomic E-state index is 12.1. The van der Waals surface area contributed by atoms with Crippen LogP contribution in [0.1, 0.15) is 19.4 Å². The fourth-order valence-corrected chi connectivity index (χ4v) is 2.69. The van der Waals surface area contributed by atoms with Gasteiger partial charge in [0.15, 0.2) is 0 Å². The Morgan fingerprint density at radius 1 is 0.828 bits per heavy atom. The van der Waals surface area contributed by atoms with Gasteiger partial charge in [-0.1, -0.05) is 30.3 Å². The molecule has 0 atom stereocenters. The van der Waals surface area contributed by atoms with E-state index >= 15 is 0 Å². The molecule has 3 aromatic rings. The zero-order valence-corrected chi connectivity index (χ0v) is 16.7. The molecule has 5 heteroatoms. The molecule has 0 unspecified atom stereocenters. The first kappa shape index (κ1) is 20.3. The van der Waals surface area contributed by atoms with Crippen molar-refractivity contribution in [1.29, 1.82) is 0 Å². The fourth-order valence-electron chi connectivity index (χ4n) is 2.69. The Bertz CT molecular complexity index is 892. The van der Waals surface area contributed by atoms with Gasteiger partial charge >= 0.3 is 0 Å². The summed E-state index contributed by atoms with van der Waals surface area (Å²) < 4.78 is 11.4. The van der Waals surface area contributed by atoms with Gasteiger partial charge in [-0.25, -0.2) is 0 Å². The van der Waals surface area contributed by atoms with E-state index in [1.807, 2.05) is 92.7 Å². The van der Waals surface area contributed by atoms with E-state index in [0.717, 1.165) is 28.4 Å². The number of nitrogens with one attached hydrogen (secondary N) is 2. The van der Waals surface area contributed by atoms with Crippen molar-refractivity contribution in [1.82, 2.24) is 0 Å². The van der Waals surface area contributed by atoms with Gasteiger partial charge < -0.3 is 20.1 Å². The number of hydrogen-bond donors (Lipinski definition) is 2. The topological polar surface area (TPSA) is 59.6 Å². The summed E-state index contributed by atoms with van der Waals surface area (Å²) in [6.07, 6.45) is 0.120. The van der Waals surface area contributed by atoms with Gasteiger partial charge in [-0.15, -0.1) is 0 Å². The standard InChI is InChI=1S/C24H26N2O3/c1-18(2)29-23-14-10-21(11-15-23)26-24(27)16-25-20-8-12-22(13-9-20)28-17-19-6-4-3-5-7-19/h3-15,18,25H,16-17H2,1-2H3,(H,26,27). The molecule has 0 bridgehead atoms. The summed E-state index contributed by atoms with van der Waals surface area (Å²) in [4.78, 5) is 12.1. The number of amides is 1. The summed E-state index contributed by atoms with van der Waals surface area (Å²) >= 11 is 0. The molecule has 0 radical (unpaired) electrons. The first-order valence-corrected chi connectivity index (χ1v) is 9.66. The van der Waals surface area contributed by atoms with E-state index in [4.69, 9.17) is 9.47 Å². The zero-order chi connectivity index (χ0) is 20.5. The average Bonchev–Trinajstić information content (AvgIpc) is 2.73. The Morgan fingerprint density at radius 3 is 2.10 bits per heavy atom. The number of ether oxygens (including phenoxy) is 2. The van der Waals surface area contributed by atoms with Crippen LogP contribution in [0.3, 0.4) is 0 Å². The van der Waals surface area contributed by atoms with E-state index in [1.54, 1.807) is 0 Å². The summed E-state index contributed by atoms with van der Waals surface area (Å²) in [7, 11) is 0. The van der Waals surface area contributed by atoms with E-state index in [2.05, 4.69) is 10.6 Å². The fraction of sp³-hybridized carbons (Fsp3) is 0.208. The summed E-state index contributed by atoms with van der Waals surface area (Å²) in [5, 5.41) is 5.97. The summed E-state index contributed by atoms with van der Waals surface area (Å²) in [6, 6.07) is 24.9. The summed E-state index contributed by atoms with van der Waals surface area (Å²) in [5.41, 5.74) is 2.71. The quantitative estimate of drug-likeness (QED) is 0.533. The maximum absolute atomic E-state index is 12.1. The van der Waals surface area contributed by atoms with Crippen molar-refractivity contribution in [2.45, 2.75) is 26.6 Å². The minimum atomic E-state index is -0.119. The SMILES string of the molecule is CC(C)Oc1ccc(NC(=O)CNc2ccc(OCc3ccccc3)cc2)cc1.